The van der Waals surface area contributed by atoms with Crippen LogP contribution in [-0.2, 0) is 51.8 Å². The molecule has 0 N–H and O–H groups in total. The second-order valence-corrected chi connectivity index (χ2v) is 18.9. The average Bonchev–Trinajstić information content (AvgIpc) is 3.76. The third kappa shape index (κ3) is 8.73. The summed E-state index contributed by atoms with van der Waals surface area (Å²) in [5.74, 6) is -3.42. The number of sulfone groups is 2. The summed E-state index contributed by atoms with van der Waals surface area (Å²) in [6, 6.07) is 6.04. The molecule has 0 aliphatic heterocycles. The Labute approximate surface area is 367 Å². The molecule has 0 saturated heterocycles. The summed E-state index contributed by atoms with van der Waals surface area (Å²) in [4.78, 5) is 19.1. The van der Waals surface area contributed by atoms with Crippen molar-refractivity contribution in [2.45, 2.75) is 54.6 Å². The highest BCUT2D eigenvalue weighted by Gasteiger charge is 2.38. The number of hydrogen-bond acceptors (Lipinski definition) is 12. The molecule has 0 radical (unpaired) electrons. The van der Waals surface area contributed by atoms with Gasteiger partial charge in [0.15, 0.2) is 48.3 Å². The molecule has 0 spiro atoms. The topological polar surface area (TPSA) is 178 Å². The molecule has 0 atom stereocenters. The van der Waals surface area contributed by atoms with E-state index < -0.39 is 146 Å². The van der Waals surface area contributed by atoms with E-state index in [-0.39, 0.29) is 22.1 Å². The molecule has 0 bridgehead atoms. The van der Waals surface area contributed by atoms with E-state index in [4.69, 9.17) is 0 Å². The number of imidazole rings is 2. The monoisotopic (exact) mass is 991 g/mol. The first kappa shape index (κ1) is 46.8. The van der Waals surface area contributed by atoms with Gasteiger partial charge in [-0.2, -0.15) is 39.5 Å². The van der Waals surface area contributed by atoms with Gasteiger partial charge in [-0.3, -0.25) is 9.97 Å². The van der Waals surface area contributed by atoms with Crippen LogP contribution >= 0.6 is 0 Å². The molecular weight excluding hydrogens is 967 g/mol. The Morgan fingerprint density at radius 3 is 1.96 bits per heavy atom. The fourth-order valence-electron chi connectivity index (χ4n) is 7.36. The molecular formula is C39H25F12N9O5S2. The summed E-state index contributed by atoms with van der Waals surface area (Å²) in [6.07, 6.45) is -18.4. The standard InChI is InChI=1S/C39H25F12N9O5S2/c1-3-66(61,62)31-22-6-4-7-24(37(43,44)45)23(22)17-53-29(31)35-56-25-13-20(65-39(49,50)51)16-54-32(25)60(35)10-5-11-67(63,64)30-21-9-8-19(36(40,41)42)12-18(21)15-52-28(30)34-55-26-14-27(38(46,47)48)57-58-33(26)59(34)2/h4,6-9,12-17H,3,5,10-11H2,1-2H3. The lowest BCUT2D eigenvalue weighted by Crippen LogP contribution is -2.17. The van der Waals surface area contributed by atoms with Crippen molar-refractivity contribution in [3.8, 4) is 28.8 Å². The highest BCUT2D eigenvalue weighted by atomic mass is 32.2. The van der Waals surface area contributed by atoms with Gasteiger partial charge in [0.05, 0.1) is 28.8 Å². The highest BCUT2D eigenvalue weighted by molar-refractivity contribution is 7.92. The van der Waals surface area contributed by atoms with E-state index in [9.17, 15) is 69.5 Å². The SMILES string of the molecule is CCS(=O)(=O)c1c(-c2nc3cc(OC(F)(F)F)cnc3n2CCCS(=O)(=O)c2c(-c3nc4cc(C(F)(F)F)nnc4n3C)ncc3cc(C(F)(F)F)ccc23)ncc2c(C(F)(F)F)cccc12. The maximum absolute atomic E-state index is 14.6. The van der Waals surface area contributed by atoms with E-state index in [1.807, 2.05) is 0 Å². The Kier molecular flexibility index (Phi) is 11.2. The van der Waals surface area contributed by atoms with Crippen LogP contribution < -0.4 is 4.74 Å². The summed E-state index contributed by atoms with van der Waals surface area (Å²) < 4.78 is 227. The van der Waals surface area contributed by atoms with Crippen LogP contribution in [-0.4, -0.2) is 79.0 Å². The fourth-order valence-corrected chi connectivity index (χ4v) is 10.3. The molecule has 0 unspecified atom stereocenters. The molecule has 8 rings (SSSR count). The van der Waals surface area contributed by atoms with Crippen LogP contribution in [0.1, 0.15) is 30.2 Å². The van der Waals surface area contributed by atoms with E-state index in [1.165, 1.54) is 14.0 Å². The van der Waals surface area contributed by atoms with Gasteiger partial charge in [0.2, 0.25) is 0 Å². The lowest BCUT2D eigenvalue weighted by atomic mass is 10.1. The smallest absolute Gasteiger partial charge is 0.404 e. The van der Waals surface area contributed by atoms with Gasteiger partial charge in [0.1, 0.15) is 38.0 Å². The Morgan fingerprint density at radius 1 is 0.642 bits per heavy atom. The maximum atomic E-state index is 14.6. The third-order valence-electron chi connectivity index (χ3n) is 10.3. The van der Waals surface area contributed by atoms with Gasteiger partial charge in [-0.05, 0) is 24.6 Å². The first-order valence-corrected chi connectivity index (χ1v) is 22.2. The van der Waals surface area contributed by atoms with Crippen molar-refractivity contribution in [1.82, 2.24) is 44.3 Å². The molecule has 352 valence electrons. The molecule has 6 aromatic heterocycles. The Hall–Kier alpha value is -6.71. The summed E-state index contributed by atoms with van der Waals surface area (Å²) in [5, 5.41) is 4.97. The molecule has 6 heterocycles. The third-order valence-corrected chi connectivity index (χ3v) is 13.9. The molecule has 0 fully saturated rings. The molecule has 67 heavy (non-hydrogen) atoms. The van der Waals surface area contributed by atoms with Gasteiger partial charge in [0, 0.05) is 59.7 Å². The minimum Gasteiger partial charge on any atom is -0.404 e. The number of alkyl halides is 12. The highest BCUT2D eigenvalue weighted by Crippen LogP contribution is 2.42. The van der Waals surface area contributed by atoms with Crippen LogP contribution in [0.15, 0.2) is 76.9 Å². The van der Waals surface area contributed by atoms with Crippen molar-refractivity contribution >= 4 is 63.5 Å². The zero-order valence-electron chi connectivity index (χ0n) is 33.6. The van der Waals surface area contributed by atoms with Crippen molar-refractivity contribution in [3.63, 3.8) is 0 Å². The largest absolute Gasteiger partial charge is 0.573 e. The number of aromatic nitrogens is 9. The number of rotatable bonds is 10. The number of fused-ring (bicyclic) bond motifs is 4. The van der Waals surface area contributed by atoms with E-state index in [2.05, 4.69) is 39.9 Å². The van der Waals surface area contributed by atoms with Crippen molar-refractivity contribution < 1.29 is 74.3 Å². The van der Waals surface area contributed by atoms with Gasteiger partial charge < -0.3 is 13.9 Å². The fraction of sp³-hybridized carbons (Fsp3) is 0.256. The summed E-state index contributed by atoms with van der Waals surface area (Å²) in [7, 11) is -8.13. The maximum Gasteiger partial charge on any atom is 0.573 e. The van der Waals surface area contributed by atoms with Crippen LogP contribution in [0.25, 0.3) is 66.9 Å². The van der Waals surface area contributed by atoms with Crippen molar-refractivity contribution in [3.05, 3.63) is 83.9 Å². The minimum atomic E-state index is -5.22. The molecule has 0 aliphatic rings. The van der Waals surface area contributed by atoms with Crippen LogP contribution in [0.5, 0.6) is 5.75 Å². The minimum absolute atomic E-state index is 0.266. The molecule has 0 saturated carbocycles. The average molecular weight is 992 g/mol. The number of ether oxygens (including phenoxy) is 1. The molecule has 8 aromatic rings. The first-order chi connectivity index (χ1) is 31.1. The lowest BCUT2D eigenvalue weighted by Gasteiger charge is -2.17. The van der Waals surface area contributed by atoms with Crippen LogP contribution in [0, 0.1) is 0 Å². The zero-order chi connectivity index (χ0) is 48.8. The Morgan fingerprint density at radius 2 is 1.30 bits per heavy atom. The number of halogens is 12. The number of benzene rings is 2. The second-order valence-electron chi connectivity index (χ2n) is 14.6. The van der Waals surface area contributed by atoms with Gasteiger partial charge in [-0.1, -0.05) is 25.1 Å². The number of pyridine rings is 3. The first-order valence-electron chi connectivity index (χ1n) is 18.9. The predicted molar refractivity (Wildman–Crippen MR) is 211 cm³/mol. The predicted octanol–water partition coefficient (Wildman–Crippen LogP) is 9.15. The van der Waals surface area contributed by atoms with Gasteiger partial charge >= 0.3 is 24.9 Å². The normalized spacial score (nSPS) is 13.4. The van der Waals surface area contributed by atoms with Gasteiger partial charge in [-0.15, -0.1) is 23.4 Å². The van der Waals surface area contributed by atoms with Crippen LogP contribution in [0.4, 0.5) is 52.7 Å². The van der Waals surface area contributed by atoms with E-state index in [0.717, 1.165) is 45.8 Å². The quantitative estimate of drug-likeness (QED) is 0.119. The number of hydrogen-bond donors (Lipinski definition) is 0. The molecule has 0 amide bonds. The summed E-state index contributed by atoms with van der Waals surface area (Å²) >= 11 is 0. The van der Waals surface area contributed by atoms with Gasteiger partial charge in [-0.25, -0.2) is 31.8 Å². The molecule has 28 heteroatoms. The lowest BCUT2D eigenvalue weighted by molar-refractivity contribution is -0.274. The van der Waals surface area contributed by atoms with Crippen molar-refractivity contribution in [1.29, 1.82) is 0 Å². The zero-order valence-corrected chi connectivity index (χ0v) is 35.2. The van der Waals surface area contributed by atoms with E-state index in [0.29, 0.717) is 30.5 Å². The molecule has 2 aromatic carbocycles. The Bertz CT molecular complexity index is 3530. The number of aryl methyl sites for hydroxylation is 2. The number of nitrogens with zero attached hydrogens (tertiary/aromatic N) is 9. The molecule has 14 nitrogen and oxygen atoms in total. The summed E-state index contributed by atoms with van der Waals surface area (Å²) in [5.41, 5.74) is -6.38. The van der Waals surface area contributed by atoms with Crippen molar-refractivity contribution in [2.24, 2.45) is 7.05 Å². The van der Waals surface area contributed by atoms with E-state index in [1.54, 1.807) is 0 Å². The van der Waals surface area contributed by atoms with Crippen LogP contribution in [0.3, 0.4) is 0 Å². The Balaban J connectivity index is 1.28. The summed E-state index contributed by atoms with van der Waals surface area (Å²) in [6.45, 7) is 0.627. The second kappa shape index (κ2) is 16.0. The van der Waals surface area contributed by atoms with E-state index >= 15 is 0 Å². The van der Waals surface area contributed by atoms with Gasteiger partial charge in [0.25, 0.3) is 0 Å². The van der Waals surface area contributed by atoms with Crippen molar-refractivity contribution in [2.75, 3.05) is 11.5 Å². The molecule has 0 aliphatic carbocycles. The van der Waals surface area contributed by atoms with Crippen LogP contribution in [0.2, 0.25) is 0 Å².